The number of thioether (sulfide) groups is 1. The first-order chi connectivity index (χ1) is 26.4. The van der Waals surface area contributed by atoms with Crippen LogP contribution < -0.4 is 0 Å². The molecule has 13 nitrogen and oxygen atoms in total. The van der Waals surface area contributed by atoms with Crippen LogP contribution >= 0.6 is 11.8 Å². The Labute approximate surface area is 319 Å². The number of ether oxygens (including phenoxy) is 6. The molecule has 0 radical (unpaired) electrons. The number of halogens is 3. The van der Waals surface area contributed by atoms with Crippen molar-refractivity contribution >= 4 is 35.9 Å². The zero-order chi connectivity index (χ0) is 39.8. The van der Waals surface area contributed by atoms with E-state index in [2.05, 4.69) is 16.7 Å². The van der Waals surface area contributed by atoms with E-state index in [0.29, 0.717) is 11.6 Å². The van der Waals surface area contributed by atoms with Crippen molar-refractivity contribution < 1.29 is 56.0 Å². The molecule has 0 amide bonds. The van der Waals surface area contributed by atoms with E-state index in [9.17, 15) is 23.2 Å². The van der Waals surface area contributed by atoms with Crippen molar-refractivity contribution in [2.45, 2.75) is 68.3 Å². The summed E-state index contributed by atoms with van der Waals surface area (Å²) in [7, 11) is 0. The summed E-state index contributed by atoms with van der Waals surface area (Å²) in [6.45, 7) is 6.46. The molecule has 4 rings (SSSR count). The van der Waals surface area contributed by atoms with E-state index < -0.39 is 59.0 Å². The van der Waals surface area contributed by atoms with Gasteiger partial charge in [0.15, 0.2) is 11.9 Å². The lowest BCUT2D eigenvalue weighted by Gasteiger charge is -2.40. The van der Waals surface area contributed by atoms with Crippen LogP contribution in [0.25, 0.3) is 6.08 Å². The Morgan fingerprint density at radius 3 is 2.51 bits per heavy atom. The molecule has 1 aliphatic rings. The molecule has 1 unspecified atom stereocenters. The van der Waals surface area contributed by atoms with Crippen molar-refractivity contribution in [1.29, 1.82) is 5.26 Å². The first kappa shape index (κ1) is 42.3. The number of nitrogens with zero attached hydrogens (tertiary/aromatic N) is 4. The Morgan fingerprint density at radius 1 is 1.07 bits per heavy atom. The Bertz CT molecular complexity index is 1880. The Kier molecular flexibility index (Phi) is 16.0. The molecule has 2 aromatic carbocycles. The number of rotatable bonds is 18. The highest BCUT2D eigenvalue weighted by Gasteiger charge is 2.47. The van der Waals surface area contributed by atoms with Gasteiger partial charge in [-0.3, -0.25) is 9.59 Å². The van der Waals surface area contributed by atoms with Gasteiger partial charge in [0.2, 0.25) is 6.29 Å². The summed E-state index contributed by atoms with van der Waals surface area (Å²) < 4.78 is 78.2. The molecular weight excluding hydrogens is 745 g/mol. The number of carbonyl (C=O) groups is 3. The summed E-state index contributed by atoms with van der Waals surface area (Å²) in [5.74, 6) is -3.69. The van der Waals surface area contributed by atoms with Crippen molar-refractivity contribution in [2.24, 2.45) is 0 Å². The molecule has 1 aromatic heterocycles. The summed E-state index contributed by atoms with van der Waals surface area (Å²) in [5, 5.41) is 11.9. The molecule has 0 N–H and O–H groups in total. The lowest BCUT2D eigenvalue weighted by molar-refractivity contribution is -0.171. The van der Waals surface area contributed by atoms with Crippen LogP contribution in [-0.2, 0) is 50.2 Å². The Hall–Kier alpha value is -5.44. The molecule has 0 spiro atoms. The van der Waals surface area contributed by atoms with Crippen LogP contribution in [0.3, 0.4) is 0 Å². The molecule has 1 fully saturated rings. The van der Waals surface area contributed by atoms with E-state index in [1.807, 2.05) is 6.07 Å². The fourth-order valence-electron chi connectivity index (χ4n) is 5.30. The van der Waals surface area contributed by atoms with Crippen molar-refractivity contribution in [3.63, 3.8) is 0 Å². The summed E-state index contributed by atoms with van der Waals surface area (Å²) in [6.07, 6.45) is 6.73. The van der Waals surface area contributed by atoms with Crippen molar-refractivity contribution in [1.82, 2.24) is 14.8 Å². The van der Waals surface area contributed by atoms with E-state index in [1.165, 1.54) is 60.3 Å². The highest BCUT2D eigenvalue weighted by Crippen LogP contribution is 2.42. The number of hydrogen-bond donors (Lipinski definition) is 0. The lowest BCUT2D eigenvalue weighted by atomic mass is 9.89. The van der Waals surface area contributed by atoms with Gasteiger partial charge in [-0.05, 0) is 43.7 Å². The minimum absolute atomic E-state index is 0.0421. The van der Waals surface area contributed by atoms with Gasteiger partial charge in [0, 0.05) is 42.2 Å². The maximum atomic E-state index is 15.7. The number of allylic oxidation sites excluding steroid dienone is 2. The van der Waals surface area contributed by atoms with Gasteiger partial charge < -0.3 is 28.4 Å². The lowest BCUT2D eigenvalue weighted by Crippen LogP contribution is -2.47. The maximum Gasteiger partial charge on any atom is 0.512 e. The predicted octanol–water partition coefficient (Wildman–Crippen LogP) is 6.54. The number of carbonyl (C=O) groups excluding carboxylic acids is 3. The van der Waals surface area contributed by atoms with Gasteiger partial charge in [0.1, 0.15) is 36.7 Å². The van der Waals surface area contributed by atoms with Gasteiger partial charge in [0.25, 0.3) is 0 Å². The van der Waals surface area contributed by atoms with Crippen LogP contribution in [-0.4, -0.2) is 75.8 Å². The van der Waals surface area contributed by atoms with Gasteiger partial charge in [0.05, 0.1) is 36.6 Å². The first-order valence-electron chi connectivity index (χ1n) is 17.0. The van der Waals surface area contributed by atoms with Crippen LogP contribution in [0.15, 0.2) is 79.9 Å². The maximum absolute atomic E-state index is 15.7. The molecular formula is C38H39F3N4O9S. The van der Waals surface area contributed by atoms with E-state index in [4.69, 9.17) is 33.7 Å². The fourth-order valence-corrected chi connectivity index (χ4v) is 6.66. The molecule has 3 atom stereocenters. The van der Waals surface area contributed by atoms with Crippen molar-refractivity contribution in [3.8, 4) is 6.07 Å². The smallest absolute Gasteiger partial charge is 0.461 e. The largest absolute Gasteiger partial charge is 0.512 e. The molecule has 3 aromatic rings. The molecule has 1 saturated heterocycles. The minimum atomic E-state index is -1.91. The van der Waals surface area contributed by atoms with Crippen LogP contribution in [0.1, 0.15) is 49.8 Å². The van der Waals surface area contributed by atoms with Crippen LogP contribution in [0.4, 0.5) is 18.0 Å². The minimum Gasteiger partial charge on any atom is -0.461 e. The molecule has 2 heterocycles. The third kappa shape index (κ3) is 12.8. The molecule has 55 heavy (non-hydrogen) atoms. The van der Waals surface area contributed by atoms with Gasteiger partial charge in [-0.15, -0.1) is 11.8 Å². The summed E-state index contributed by atoms with van der Waals surface area (Å²) in [4.78, 5) is 41.3. The second kappa shape index (κ2) is 20.9. The molecule has 17 heteroatoms. The predicted molar refractivity (Wildman–Crippen MR) is 192 cm³/mol. The first-order valence-corrected chi connectivity index (χ1v) is 17.9. The fraction of sp³-hybridized carbons (Fsp3) is 0.368. The van der Waals surface area contributed by atoms with E-state index in [0.717, 1.165) is 18.2 Å². The third-order valence-electron chi connectivity index (χ3n) is 7.93. The third-order valence-corrected chi connectivity index (χ3v) is 9.38. The monoisotopic (exact) mass is 784 g/mol. The van der Waals surface area contributed by atoms with Gasteiger partial charge in [-0.25, -0.2) is 27.6 Å². The highest BCUT2D eigenvalue weighted by atomic mass is 32.2. The van der Waals surface area contributed by atoms with E-state index in [-0.39, 0.29) is 62.0 Å². The van der Waals surface area contributed by atoms with Crippen molar-refractivity contribution in [2.75, 3.05) is 19.8 Å². The second-order valence-corrected chi connectivity index (χ2v) is 13.6. The highest BCUT2D eigenvalue weighted by molar-refractivity contribution is 8.00. The van der Waals surface area contributed by atoms with Crippen LogP contribution in [0.5, 0.6) is 0 Å². The van der Waals surface area contributed by atoms with E-state index in [1.54, 1.807) is 25.2 Å². The van der Waals surface area contributed by atoms with Crippen LogP contribution in [0.2, 0.25) is 0 Å². The number of esters is 2. The zero-order valence-electron chi connectivity index (χ0n) is 30.0. The van der Waals surface area contributed by atoms with Crippen LogP contribution in [0, 0.1) is 28.8 Å². The Morgan fingerprint density at radius 2 is 1.84 bits per heavy atom. The normalized spacial score (nSPS) is 17.8. The molecule has 0 saturated carbocycles. The zero-order valence-corrected chi connectivity index (χ0v) is 30.8. The van der Waals surface area contributed by atoms with Gasteiger partial charge in [-0.1, -0.05) is 36.9 Å². The average molecular weight is 785 g/mol. The van der Waals surface area contributed by atoms with Gasteiger partial charge in [-0.2, -0.15) is 10.4 Å². The number of nitriles is 1. The van der Waals surface area contributed by atoms with E-state index >= 15 is 4.39 Å². The second-order valence-electron chi connectivity index (χ2n) is 12.0. The standard InChI is InChI=1S/C38H39F3N4O9S/c1-4-16-49-34(46)9-7-10-35(47)52-26(3)53-37(48)54-38(22-45-24-43-23-44-45,31-15-14-29(39)18-33(31)41)25(2)55-30-20-50-36(51-21-30)11-6-5-8-28-13-12-27(19-42)17-32(28)40/h4-6,8,11-15,17-18,23-26,30,36H,1,7,9-10,16,20-22H2,2-3H3/b8-5+,11-6+/t25-,26?,30?,36?,38-/m1/s1. The van der Waals surface area contributed by atoms with Gasteiger partial charge >= 0.3 is 18.1 Å². The SMILES string of the molecule is C=CCOC(=O)CCCC(=O)OC(C)OC(=O)O[C@@](Cn1cncn1)(c1ccc(F)cc1F)[C@@H](C)SC1COC(/C=C/C=C/c2ccc(C#N)cc2F)OC1. The Balaban J connectivity index is 1.44. The molecule has 0 aliphatic carbocycles. The number of hydrogen-bond acceptors (Lipinski definition) is 13. The van der Waals surface area contributed by atoms with Crippen molar-refractivity contribution in [3.05, 3.63) is 114 Å². The topological polar surface area (TPSA) is 161 Å². The molecule has 1 aliphatic heterocycles. The number of benzene rings is 2. The molecule has 0 bridgehead atoms. The quantitative estimate of drug-likeness (QED) is 0.0450. The summed E-state index contributed by atoms with van der Waals surface area (Å²) >= 11 is 1.24. The number of aromatic nitrogens is 3. The summed E-state index contributed by atoms with van der Waals surface area (Å²) in [5.41, 5.74) is -1.60. The summed E-state index contributed by atoms with van der Waals surface area (Å²) in [6, 6.07) is 8.85. The molecule has 292 valence electrons. The average Bonchev–Trinajstić information content (AvgIpc) is 3.66.